The van der Waals surface area contributed by atoms with Gasteiger partial charge in [-0.2, -0.15) is 5.10 Å². The van der Waals surface area contributed by atoms with Gasteiger partial charge in [0.1, 0.15) is 18.0 Å². The summed E-state index contributed by atoms with van der Waals surface area (Å²) in [6, 6.07) is 0.877. The molecule has 29 heavy (non-hydrogen) atoms. The molecule has 0 aromatic carbocycles. The average molecular weight is 411 g/mol. The van der Waals surface area contributed by atoms with Crippen molar-refractivity contribution in [1.82, 2.24) is 14.7 Å². The Morgan fingerprint density at radius 3 is 2.76 bits per heavy atom. The highest BCUT2D eigenvalue weighted by molar-refractivity contribution is 5.81. The second-order valence-corrected chi connectivity index (χ2v) is 9.69. The minimum Gasteiger partial charge on any atom is -0.368 e. The number of nitrogens with one attached hydrogen (secondary N) is 1. The van der Waals surface area contributed by atoms with E-state index in [9.17, 15) is 13.6 Å². The Balaban J connectivity index is 1.51. The molecule has 6 nitrogen and oxygen atoms in total. The quantitative estimate of drug-likeness (QED) is 0.827. The number of aromatic nitrogens is 2. The number of piperidine rings is 1. The average Bonchev–Trinajstić information content (AvgIpc) is 3.36. The van der Waals surface area contributed by atoms with Crippen molar-refractivity contribution in [3.8, 4) is 0 Å². The number of rotatable bonds is 3. The molecule has 162 valence electrons. The number of fused-ring (bicyclic) bond motifs is 1. The molecule has 4 rings (SSSR count). The number of ether oxygens (including phenoxy) is 1. The molecule has 0 radical (unpaired) electrons. The summed E-state index contributed by atoms with van der Waals surface area (Å²) in [5, 5.41) is 7.96. The van der Waals surface area contributed by atoms with E-state index in [1.54, 1.807) is 0 Å². The van der Waals surface area contributed by atoms with Crippen LogP contribution in [0.5, 0.6) is 0 Å². The van der Waals surface area contributed by atoms with Crippen LogP contribution in [0.4, 0.5) is 14.6 Å². The lowest BCUT2D eigenvalue weighted by molar-refractivity contribution is -0.143. The number of hydrogen-bond donors (Lipinski definition) is 1. The first-order valence-corrected chi connectivity index (χ1v) is 10.8. The van der Waals surface area contributed by atoms with Gasteiger partial charge in [-0.1, -0.05) is 20.8 Å². The number of anilines is 1. The van der Waals surface area contributed by atoms with Crippen molar-refractivity contribution < 1.29 is 18.3 Å². The zero-order valence-electron chi connectivity index (χ0n) is 17.5. The monoisotopic (exact) mass is 410 g/mol. The first-order chi connectivity index (χ1) is 13.7. The van der Waals surface area contributed by atoms with Crippen molar-refractivity contribution in [2.75, 3.05) is 25.0 Å². The fourth-order valence-corrected chi connectivity index (χ4v) is 4.76. The maximum Gasteiger partial charge on any atom is 0.260 e. The Morgan fingerprint density at radius 1 is 1.31 bits per heavy atom. The van der Waals surface area contributed by atoms with Crippen LogP contribution in [0.15, 0.2) is 6.07 Å². The molecule has 0 aliphatic carbocycles. The fraction of sp³-hybridized carbons (Fsp3) is 0.810. The highest BCUT2D eigenvalue weighted by Gasteiger charge is 2.40. The molecule has 1 amide bonds. The molecule has 2 saturated heterocycles. The van der Waals surface area contributed by atoms with Crippen LogP contribution in [0.2, 0.25) is 0 Å². The van der Waals surface area contributed by atoms with Gasteiger partial charge in [-0.15, -0.1) is 0 Å². The third kappa shape index (κ3) is 4.13. The summed E-state index contributed by atoms with van der Waals surface area (Å²) >= 11 is 0. The summed E-state index contributed by atoms with van der Waals surface area (Å²) in [7, 11) is 0. The van der Waals surface area contributed by atoms with Crippen LogP contribution < -0.4 is 5.32 Å². The van der Waals surface area contributed by atoms with Gasteiger partial charge in [0.2, 0.25) is 0 Å². The van der Waals surface area contributed by atoms with Crippen molar-refractivity contribution >= 4 is 11.7 Å². The van der Waals surface area contributed by atoms with Crippen molar-refractivity contribution in [2.24, 2.45) is 5.92 Å². The molecule has 0 spiro atoms. The Morgan fingerprint density at radius 2 is 2.10 bits per heavy atom. The molecule has 0 bridgehead atoms. The van der Waals surface area contributed by atoms with Gasteiger partial charge in [0, 0.05) is 37.2 Å². The third-order valence-corrected chi connectivity index (χ3v) is 6.48. The lowest BCUT2D eigenvalue weighted by Gasteiger charge is -2.41. The number of hydrogen-bond acceptors (Lipinski definition) is 4. The zero-order chi connectivity index (χ0) is 20.8. The topological polar surface area (TPSA) is 59.4 Å². The van der Waals surface area contributed by atoms with Crippen molar-refractivity contribution in [3.63, 3.8) is 0 Å². The van der Waals surface area contributed by atoms with E-state index in [1.165, 1.54) is 4.68 Å². The van der Waals surface area contributed by atoms with Gasteiger partial charge >= 0.3 is 0 Å². The first kappa shape index (κ1) is 20.6. The van der Waals surface area contributed by atoms with Gasteiger partial charge in [0.25, 0.3) is 12.3 Å². The van der Waals surface area contributed by atoms with Crippen LogP contribution in [0.25, 0.3) is 0 Å². The Bertz CT molecular complexity index is 740. The largest absolute Gasteiger partial charge is 0.368 e. The summed E-state index contributed by atoms with van der Waals surface area (Å²) in [6.45, 7) is 8.08. The van der Waals surface area contributed by atoms with Crippen molar-refractivity contribution in [1.29, 1.82) is 0 Å². The molecule has 3 aliphatic heterocycles. The van der Waals surface area contributed by atoms with Crippen molar-refractivity contribution in [2.45, 2.75) is 82.9 Å². The molecule has 3 aliphatic rings. The smallest absolute Gasteiger partial charge is 0.260 e. The molecule has 0 unspecified atom stereocenters. The molecule has 0 saturated carbocycles. The number of alkyl halides is 2. The fourth-order valence-electron chi connectivity index (χ4n) is 4.76. The molecular formula is C21H32F2N4O2. The SMILES string of the molecule is CC(C)(C)c1cc2n(n1)[C@@H](C(F)F)C[C@@H]([C@@H]1CCCN(C(=O)[C@H]3CCCO3)C1)N2. The first-order valence-electron chi connectivity index (χ1n) is 10.8. The standard InChI is InChI=1S/C21H32F2N4O2/c1-21(2,3)17-11-18-24-14(10-15(19(22)23)27(18)25-17)13-6-4-8-26(12-13)20(28)16-7-5-9-29-16/h11,13-16,19,24H,4-10,12H2,1-3H3/t13-,14+,15-,16-/m1/s1. The van der Waals surface area contributed by atoms with Gasteiger partial charge in [0.05, 0.1) is 5.69 Å². The van der Waals surface area contributed by atoms with E-state index < -0.39 is 12.5 Å². The lowest BCUT2D eigenvalue weighted by atomic mass is 9.85. The number of amides is 1. The van der Waals surface area contributed by atoms with E-state index >= 15 is 0 Å². The van der Waals surface area contributed by atoms with E-state index in [0.717, 1.165) is 37.9 Å². The Hall–Kier alpha value is -1.70. The summed E-state index contributed by atoms with van der Waals surface area (Å²) in [5.41, 5.74) is 0.605. The normalized spacial score (nSPS) is 30.3. The number of carbonyl (C=O) groups excluding carboxylic acids is 1. The maximum absolute atomic E-state index is 13.9. The van der Waals surface area contributed by atoms with Gasteiger partial charge in [0.15, 0.2) is 0 Å². The highest BCUT2D eigenvalue weighted by atomic mass is 19.3. The number of nitrogens with zero attached hydrogens (tertiary/aromatic N) is 3. The van der Waals surface area contributed by atoms with Crippen LogP contribution >= 0.6 is 0 Å². The van der Waals surface area contributed by atoms with Crippen LogP contribution in [-0.4, -0.2) is 58.9 Å². The summed E-state index contributed by atoms with van der Waals surface area (Å²) in [5.74, 6) is 0.879. The molecule has 8 heteroatoms. The molecule has 1 aromatic heterocycles. The minimum atomic E-state index is -2.47. The van der Waals surface area contributed by atoms with Gasteiger partial charge in [-0.3, -0.25) is 4.79 Å². The number of likely N-dealkylation sites (tertiary alicyclic amines) is 1. The number of carbonyl (C=O) groups is 1. The zero-order valence-corrected chi connectivity index (χ0v) is 17.5. The van der Waals surface area contributed by atoms with Crippen LogP contribution in [0, 0.1) is 5.92 Å². The van der Waals surface area contributed by atoms with Crippen LogP contribution in [0.1, 0.15) is 64.6 Å². The predicted molar refractivity (Wildman–Crippen MR) is 106 cm³/mol. The van der Waals surface area contributed by atoms with E-state index in [1.807, 2.05) is 31.7 Å². The highest BCUT2D eigenvalue weighted by Crippen LogP contribution is 2.38. The molecule has 4 heterocycles. The van der Waals surface area contributed by atoms with Crippen molar-refractivity contribution in [3.05, 3.63) is 11.8 Å². The number of halogens is 2. The maximum atomic E-state index is 13.9. The lowest BCUT2D eigenvalue weighted by Crippen LogP contribution is -2.50. The molecule has 1 N–H and O–H groups in total. The second-order valence-electron chi connectivity index (χ2n) is 9.69. The minimum absolute atomic E-state index is 0.0634. The second kappa shape index (κ2) is 7.85. The molecule has 1 aromatic rings. The summed E-state index contributed by atoms with van der Waals surface area (Å²) < 4.78 is 34.8. The van der Waals surface area contributed by atoms with E-state index in [2.05, 4.69) is 10.4 Å². The third-order valence-electron chi connectivity index (χ3n) is 6.48. The van der Waals surface area contributed by atoms with E-state index in [0.29, 0.717) is 25.4 Å². The Labute approximate surface area is 171 Å². The Kier molecular flexibility index (Phi) is 5.57. The van der Waals surface area contributed by atoms with E-state index in [-0.39, 0.29) is 29.4 Å². The predicted octanol–water partition coefficient (Wildman–Crippen LogP) is 3.59. The van der Waals surface area contributed by atoms with Gasteiger partial charge < -0.3 is 15.0 Å². The van der Waals surface area contributed by atoms with Gasteiger partial charge in [-0.25, -0.2) is 13.5 Å². The molecule has 2 fully saturated rings. The summed E-state index contributed by atoms with van der Waals surface area (Å²) in [6.07, 6.45) is 1.06. The molecule has 4 atom stereocenters. The molecular weight excluding hydrogens is 378 g/mol. The van der Waals surface area contributed by atoms with E-state index in [4.69, 9.17) is 4.74 Å². The van der Waals surface area contributed by atoms with Gasteiger partial charge in [-0.05, 0) is 38.0 Å². The van der Waals surface area contributed by atoms with Crippen LogP contribution in [0.3, 0.4) is 0 Å². The summed E-state index contributed by atoms with van der Waals surface area (Å²) in [4.78, 5) is 14.6. The van der Waals surface area contributed by atoms with Crippen LogP contribution in [-0.2, 0) is 14.9 Å².